The maximum absolute atomic E-state index is 12.2. The zero-order valence-electron chi connectivity index (χ0n) is 17.6. The van der Waals surface area contributed by atoms with Crippen LogP contribution in [-0.2, 0) is 11.3 Å². The molecule has 0 aliphatic rings. The summed E-state index contributed by atoms with van der Waals surface area (Å²) in [6.07, 6.45) is 1.58. The van der Waals surface area contributed by atoms with Crippen molar-refractivity contribution in [2.24, 2.45) is 0 Å². The molecule has 0 aliphatic carbocycles. The SMILES string of the molecule is CCOC(=O)c1cccc(-c2ccccc2-c2cc(Cl)cnc2OCc2ccccc2)c1. The van der Waals surface area contributed by atoms with Crippen LogP contribution in [0.2, 0.25) is 5.02 Å². The minimum absolute atomic E-state index is 0.329. The van der Waals surface area contributed by atoms with E-state index in [0.29, 0.717) is 29.7 Å². The van der Waals surface area contributed by atoms with E-state index >= 15 is 0 Å². The van der Waals surface area contributed by atoms with Gasteiger partial charge in [0.05, 0.1) is 17.2 Å². The van der Waals surface area contributed by atoms with Crippen molar-refractivity contribution in [2.45, 2.75) is 13.5 Å². The highest BCUT2D eigenvalue weighted by atomic mass is 35.5. The Labute approximate surface area is 192 Å². The van der Waals surface area contributed by atoms with E-state index in [2.05, 4.69) is 4.98 Å². The molecule has 0 saturated carbocycles. The molecule has 0 saturated heterocycles. The Bertz CT molecular complexity index is 1220. The Balaban J connectivity index is 1.74. The van der Waals surface area contributed by atoms with E-state index in [1.807, 2.05) is 78.9 Å². The number of ether oxygens (including phenoxy) is 2. The molecule has 4 rings (SSSR count). The van der Waals surface area contributed by atoms with Gasteiger partial charge in [-0.05, 0) is 47.4 Å². The standard InChI is InChI=1S/C27H22ClNO3/c1-2-31-27(30)21-12-8-11-20(15-21)23-13-6-7-14-24(23)25-16-22(28)17-29-26(25)32-18-19-9-4-3-5-10-19/h3-17H,2,18H2,1H3. The third-order valence-electron chi connectivity index (χ3n) is 4.94. The van der Waals surface area contributed by atoms with Crippen molar-refractivity contribution in [3.05, 3.63) is 107 Å². The van der Waals surface area contributed by atoms with Crippen LogP contribution in [0, 0.1) is 0 Å². The fraction of sp³-hybridized carbons (Fsp3) is 0.111. The number of hydrogen-bond donors (Lipinski definition) is 0. The lowest BCUT2D eigenvalue weighted by Gasteiger charge is -2.15. The molecule has 0 aliphatic heterocycles. The summed E-state index contributed by atoms with van der Waals surface area (Å²) in [6, 6.07) is 27.1. The fourth-order valence-corrected chi connectivity index (χ4v) is 3.62. The van der Waals surface area contributed by atoms with Crippen molar-refractivity contribution in [3.8, 4) is 28.1 Å². The molecule has 0 spiro atoms. The number of hydrogen-bond acceptors (Lipinski definition) is 4. The van der Waals surface area contributed by atoms with Gasteiger partial charge < -0.3 is 9.47 Å². The van der Waals surface area contributed by atoms with Crippen LogP contribution in [0.4, 0.5) is 0 Å². The molecule has 1 heterocycles. The van der Waals surface area contributed by atoms with Crippen LogP contribution in [0.1, 0.15) is 22.8 Å². The number of halogens is 1. The first-order valence-electron chi connectivity index (χ1n) is 10.3. The van der Waals surface area contributed by atoms with Gasteiger partial charge in [-0.3, -0.25) is 0 Å². The van der Waals surface area contributed by atoms with Crippen LogP contribution in [0.25, 0.3) is 22.3 Å². The first-order chi connectivity index (χ1) is 15.7. The van der Waals surface area contributed by atoms with Crippen molar-refractivity contribution in [3.63, 3.8) is 0 Å². The number of benzene rings is 3. The topological polar surface area (TPSA) is 48.4 Å². The summed E-state index contributed by atoms with van der Waals surface area (Å²) in [5.41, 5.74) is 5.07. The summed E-state index contributed by atoms with van der Waals surface area (Å²) in [5.74, 6) is 0.149. The molecule has 5 heteroatoms. The molecule has 0 amide bonds. The predicted molar refractivity (Wildman–Crippen MR) is 127 cm³/mol. The smallest absolute Gasteiger partial charge is 0.338 e. The molecule has 3 aromatic carbocycles. The highest BCUT2D eigenvalue weighted by Crippen LogP contribution is 2.38. The largest absolute Gasteiger partial charge is 0.472 e. The van der Waals surface area contributed by atoms with Gasteiger partial charge in [0.15, 0.2) is 0 Å². The minimum Gasteiger partial charge on any atom is -0.472 e. The summed E-state index contributed by atoms with van der Waals surface area (Å²) in [5, 5.41) is 0.516. The van der Waals surface area contributed by atoms with E-state index in [0.717, 1.165) is 27.8 Å². The number of rotatable bonds is 7. The first kappa shape index (κ1) is 21.6. The van der Waals surface area contributed by atoms with Gasteiger partial charge in [0.2, 0.25) is 5.88 Å². The second-order valence-electron chi connectivity index (χ2n) is 7.13. The first-order valence-corrected chi connectivity index (χ1v) is 10.7. The van der Waals surface area contributed by atoms with Crippen molar-refractivity contribution < 1.29 is 14.3 Å². The van der Waals surface area contributed by atoms with Gasteiger partial charge in [-0.15, -0.1) is 0 Å². The van der Waals surface area contributed by atoms with Gasteiger partial charge in [0.25, 0.3) is 0 Å². The average Bonchev–Trinajstić information content (AvgIpc) is 2.84. The Morgan fingerprint density at radius 1 is 0.875 bits per heavy atom. The second kappa shape index (κ2) is 10.1. The molecule has 4 aromatic rings. The molecule has 0 atom stereocenters. The highest BCUT2D eigenvalue weighted by Gasteiger charge is 2.16. The fourth-order valence-electron chi connectivity index (χ4n) is 3.46. The second-order valence-corrected chi connectivity index (χ2v) is 7.56. The zero-order valence-corrected chi connectivity index (χ0v) is 18.4. The number of esters is 1. The van der Waals surface area contributed by atoms with Gasteiger partial charge in [-0.25, -0.2) is 9.78 Å². The van der Waals surface area contributed by atoms with E-state index in [4.69, 9.17) is 21.1 Å². The van der Waals surface area contributed by atoms with Crippen molar-refractivity contribution in [1.82, 2.24) is 4.98 Å². The number of pyridine rings is 1. The summed E-state index contributed by atoms with van der Waals surface area (Å²) in [4.78, 5) is 16.7. The maximum atomic E-state index is 12.2. The quantitative estimate of drug-likeness (QED) is 0.294. The molecule has 32 heavy (non-hydrogen) atoms. The molecule has 0 radical (unpaired) electrons. The van der Waals surface area contributed by atoms with E-state index < -0.39 is 0 Å². The lowest BCUT2D eigenvalue weighted by molar-refractivity contribution is 0.0526. The maximum Gasteiger partial charge on any atom is 0.338 e. The van der Waals surface area contributed by atoms with Gasteiger partial charge in [0, 0.05) is 11.8 Å². The lowest BCUT2D eigenvalue weighted by Crippen LogP contribution is -2.04. The Hall–Kier alpha value is -3.63. The third kappa shape index (κ3) is 4.98. The Morgan fingerprint density at radius 3 is 2.41 bits per heavy atom. The third-order valence-corrected chi connectivity index (χ3v) is 5.14. The summed E-state index contributed by atoms with van der Waals surface area (Å²) >= 11 is 6.30. The summed E-state index contributed by atoms with van der Waals surface area (Å²) in [7, 11) is 0. The van der Waals surface area contributed by atoms with Crippen LogP contribution in [0.5, 0.6) is 5.88 Å². The molecule has 160 valence electrons. The minimum atomic E-state index is -0.344. The van der Waals surface area contributed by atoms with E-state index in [1.54, 1.807) is 19.2 Å². The molecule has 4 nitrogen and oxygen atoms in total. The van der Waals surface area contributed by atoms with Gasteiger partial charge in [-0.2, -0.15) is 0 Å². The molecule has 1 aromatic heterocycles. The van der Waals surface area contributed by atoms with E-state index in [9.17, 15) is 4.79 Å². The zero-order chi connectivity index (χ0) is 22.3. The average molecular weight is 444 g/mol. The van der Waals surface area contributed by atoms with Crippen LogP contribution in [-0.4, -0.2) is 17.6 Å². The molecule has 0 fully saturated rings. The summed E-state index contributed by atoms with van der Waals surface area (Å²) in [6.45, 7) is 2.51. The molecular weight excluding hydrogens is 422 g/mol. The number of aromatic nitrogens is 1. The Morgan fingerprint density at radius 2 is 1.62 bits per heavy atom. The summed E-state index contributed by atoms with van der Waals surface area (Å²) < 4.78 is 11.2. The molecule has 0 unspecified atom stereocenters. The van der Waals surface area contributed by atoms with E-state index in [1.165, 1.54) is 0 Å². The van der Waals surface area contributed by atoms with Gasteiger partial charge in [0.1, 0.15) is 6.61 Å². The number of carbonyl (C=O) groups excluding carboxylic acids is 1. The predicted octanol–water partition coefficient (Wildman–Crippen LogP) is 6.82. The van der Waals surface area contributed by atoms with Crippen LogP contribution in [0.3, 0.4) is 0 Å². The molecule has 0 bridgehead atoms. The molecular formula is C27H22ClNO3. The lowest BCUT2D eigenvalue weighted by atomic mass is 9.94. The van der Waals surface area contributed by atoms with Crippen LogP contribution in [0.15, 0.2) is 91.1 Å². The number of nitrogens with zero attached hydrogens (tertiary/aromatic N) is 1. The van der Waals surface area contributed by atoms with Crippen molar-refractivity contribution >= 4 is 17.6 Å². The molecule has 0 N–H and O–H groups in total. The van der Waals surface area contributed by atoms with E-state index in [-0.39, 0.29) is 5.97 Å². The van der Waals surface area contributed by atoms with Crippen LogP contribution < -0.4 is 4.74 Å². The van der Waals surface area contributed by atoms with Gasteiger partial charge >= 0.3 is 5.97 Å². The van der Waals surface area contributed by atoms with Gasteiger partial charge in [-0.1, -0.05) is 78.3 Å². The van der Waals surface area contributed by atoms with Crippen molar-refractivity contribution in [2.75, 3.05) is 6.61 Å². The number of carbonyl (C=O) groups is 1. The normalized spacial score (nSPS) is 10.6. The monoisotopic (exact) mass is 443 g/mol. The highest BCUT2D eigenvalue weighted by molar-refractivity contribution is 6.30. The van der Waals surface area contributed by atoms with Crippen LogP contribution >= 0.6 is 11.6 Å². The Kier molecular flexibility index (Phi) is 6.83. The van der Waals surface area contributed by atoms with Crippen molar-refractivity contribution in [1.29, 1.82) is 0 Å².